The summed E-state index contributed by atoms with van der Waals surface area (Å²) in [6.45, 7) is 5.11. The van der Waals surface area contributed by atoms with E-state index in [4.69, 9.17) is 24.3 Å². The Hall–Kier alpha value is -3.47. The van der Waals surface area contributed by atoms with E-state index in [1.165, 1.54) is 7.11 Å². The lowest BCUT2D eigenvalue weighted by molar-refractivity contribution is -0.149. The van der Waals surface area contributed by atoms with E-state index in [0.717, 1.165) is 0 Å². The largest absolute Gasteiger partial charge is 0.479 e. The fourth-order valence-corrected chi connectivity index (χ4v) is 5.45. The van der Waals surface area contributed by atoms with Crippen LogP contribution in [0.4, 0.5) is 5.95 Å². The number of fused-ring (bicyclic) bond motifs is 1. The number of aromatic nitrogens is 4. The van der Waals surface area contributed by atoms with E-state index in [1.54, 1.807) is 51.4 Å². The van der Waals surface area contributed by atoms with Crippen molar-refractivity contribution < 1.29 is 27.9 Å². The summed E-state index contributed by atoms with van der Waals surface area (Å²) >= 11 is 0. The number of nitrogen functional groups attached to an aromatic ring is 1. The van der Waals surface area contributed by atoms with Gasteiger partial charge in [0, 0.05) is 5.92 Å². The Bertz CT molecular complexity index is 1310. The summed E-state index contributed by atoms with van der Waals surface area (Å²) < 4.78 is 37.6. The summed E-state index contributed by atoms with van der Waals surface area (Å²) in [6, 6.07) is 7.63. The number of nitrogens with zero attached hydrogens (tertiary/aromatic N) is 4. The third-order valence-electron chi connectivity index (χ3n) is 5.59. The molecule has 13 heteroatoms. The van der Waals surface area contributed by atoms with Gasteiger partial charge in [0.1, 0.15) is 11.8 Å². The van der Waals surface area contributed by atoms with E-state index in [2.05, 4.69) is 20.0 Å². The van der Waals surface area contributed by atoms with Gasteiger partial charge in [0.2, 0.25) is 11.8 Å². The highest BCUT2D eigenvalue weighted by Crippen LogP contribution is 2.46. The third kappa shape index (κ3) is 6.46. The molecule has 198 valence electrons. The molecule has 0 amide bonds. The minimum atomic E-state index is -3.94. The van der Waals surface area contributed by atoms with Gasteiger partial charge in [-0.2, -0.15) is 15.1 Å². The van der Waals surface area contributed by atoms with Crippen LogP contribution in [0.15, 0.2) is 48.8 Å². The van der Waals surface area contributed by atoms with Gasteiger partial charge >= 0.3 is 13.7 Å². The van der Waals surface area contributed by atoms with Crippen molar-refractivity contribution in [2.75, 3.05) is 19.5 Å². The maximum atomic E-state index is 13.7. The van der Waals surface area contributed by atoms with Crippen LogP contribution >= 0.6 is 7.75 Å². The Morgan fingerprint density at radius 2 is 1.97 bits per heavy atom. The molecule has 1 aliphatic rings. The summed E-state index contributed by atoms with van der Waals surface area (Å²) in [7, 11) is -2.44. The van der Waals surface area contributed by atoms with Gasteiger partial charge in [-0.3, -0.25) is 9.32 Å². The summed E-state index contributed by atoms with van der Waals surface area (Å²) in [5, 5.41) is 2.71. The topological polar surface area (TPSA) is 153 Å². The number of ether oxygens (including phenoxy) is 2. The summed E-state index contributed by atoms with van der Waals surface area (Å²) in [4.78, 5) is 25.1. The SMILES string of the molecule is COc1nc(N)nc2c1ncn2[C@H]1C=C[C@@H](COP(=O)(N[C@H](C)C(=O)OC(C)C)Oc2ccccc2)C1. The first-order chi connectivity index (χ1) is 17.7. The highest BCUT2D eigenvalue weighted by Gasteiger charge is 2.34. The molecule has 1 unspecified atom stereocenters. The van der Waals surface area contributed by atoms with Gasteiger partial charge in [-0.1, -0.05) is 30.4 Å². The number of nitrogens with two attached hydrogens (primary N) is 1. The molecule has 0 saturated carbocycles. The molecule has 37 heavy (non-hydrogen) atoms. The number of carbonyl (C=O) groups excluding carboxylic acids is 1. The van der Waals surface area contributed by atoms with E-state index < -0.39 is 19.8 Å². The Labute approximate surface area is 214 Å². The monoisotopic (exact) mass is 530 g/mol. The Kier molecular flexibility index (Phi) is 8.11. The van der Waals surface area contributed by atoms with Crippen molar-refractivity contribution in [1.82, 2.24) is 24.6 Å². The second-order valence-electron chi connectivity index (χ2n) is 8.90. The lowest BCUT2D eigenvalue weighted by Gasteiger charge is -2.24. The Morgan fingerprint density at radius 3 is 2.68 bits per heavy atom. The van der Waals surface area contributed by atoms with Crippen LogP contribution in [0, 0.1) is 5.92 Å². The molecule has 2 aromatic heterocycles. The molecular weight excluding hydrogens is 499 g/mol. The highest BCUT2D eigenvalue weighted by molar-refractivity contribution is 7.52. The Balaban J connectivity index is 1.45. The minimum absolute atomic E-state index is 0.0834. The number of nitrogens with one attached hydrogen (secondary N) is 1. The number of carbonyl (C=O) groups is 1. The lowest BCUT2D eigenvalue weighted by Crippen LogP contribution is -2.36. The minimum Gasteiger partial charge on any atom is -0.479 e. The van der Waals surface area contributed by atoms with Crippen molar-refractivity contribution in [1.29, 1.82) is 0 Å². The first-order valence-electron chi connectivity index (χ1n) is 11.9. The normalized spacial score (nSPS) is 19.6. The molecule has 0 bridgehead atoms. The van der Waals surface area contributed by atoms with E-state index >= 15 is 0 Å². The maximum absolute atomic E-state index is 13.7. The molecule has 1 aromatic carbocycles. The van der Waals surface area contributed by atoms with Crippen molar-refractivity contribution in [2.24, 2.45) is 5.92 Å². The zero-order chi connectivity index (χ0) is 26.6. The van der Waals surface area contributed by atoms with Crippen LogP contribution < -0.4 is 20.1 Å². The van der Waals surface area contributed by atoms with E-state index in [0.29, 0.717) is 29.2 Å². The Morgan fingerprint density at radius 1 is 1.22 bits per heavy atom. The van der Waals surface area contributed by atoms with Gasteiger partial charge in [0.05, 0.1) is 32.2 Å². The van der Waals surface area contributed by atoms with Gasteiger partial charge in [-0.15, -0.1) is 0 Å². The fraction of sp³-hybridized carbons (Fsp3) is 0.417. The van der Waals surface area contributed by atoms with Crippen LogP contribution in [0.2, 0.25) is 0 Å². The van der Waals surface area contributed by atoms with Crippen LogP contribution in [0.25, 0.3) is 11.2 Å². The average molecular weight is 531 g/mol. The van der Waals surface area contributed by atoms with Crippen molar-refractivity contribution in [2.45, 2.75) is 45.4 Å². The molecule has 4 rings (SSSR count). The first kappa shape index (κ1) is 26.6. The van der Waals surface area contributed by atoms with Crippen LogP contribution in [-0.2, 0) is 18.6 Å². The number of rotatable bonds is 11. The van der Waals surface area contributed by atoms with Gasteiger partial charge < -0.3 is 24.3 Å². The summed E-state index contributed by atoms with van der Waals surface area (Å²) in [6.07, 6.45) is 5.95. The van der Waals surface area contributed by atoms with Crippen molar-refractivity contribution >= 4 is 30.8 Å². The van der Waals surface area contributed by atoms with Crippen LogP contribution in [0.5, 0.6) is 11.6 Å². The average Bonchev–Trinajstić information content (AvgIpc) is 3.49. The molecule has 1 aliphatic carbocycles. The molecule has 4 atom stereocenters. The van der Waals surface area contributed by atoms with E-state index in [1.807, 2.05) is 22.8 Å². The number of para-hydroxylation sites is 1. The first-order valence-corrected chi connectivity index (χ1v) is 13.4. The van der Waals surface area contributed by atoms with Gasteiger partial charge in [0.25, 0.3) is 0 Å². The van der Waals surface area contributed by atoms with Gasteiger partial charge in [-0.05, 0) is 39.3 Å². The number of esters is 1. The number of hydrogen-bond acceptors (Lipinski definition) is 10. The molecule has 0 fully saturated rings. The highest BCUT2D eigenvalue weighted by atomic mass is 31.2. The third-order valence-corrected chi connectivity index (χ3v) is 7.24. The summed E-state index contributed by atoms with van der Waals surface area (Å²) in [5.74, 6) is 0.0936. The number of hydrogen-bond donors (Lipinski definition) is 2. The number of benzene rings is 1. The number of anilines is 1. The molecule has 0 aliphatic heterocycles. The smallest absolute Gasteiger partial charge is 0.459 e. The van der Waals surface area contributed by atoms with Crippen LogP contribution in [-0.4, -0.2) is 51.4 Å². The van der Waals surface area contributed by atoms with E-state index in [-0.39, 0.29) is 30.6 Å². The quantitative estimate of drug-likeness (QED) is 0.212. The van der Waals surface area contributed by atoms with Crippen molar-refractivity contribution in [3.05, 3.63) is 48.8 Å². The second-order valence-corrected chi connectivity index (χ2v) is 10.6. The zero-order valence-corrected chi connectivity index (χ0v) is 22.0. The van der Waals surface area contributed by atoms with Gasteiger partial charge in [0.15, 0.2) is 11.2 Å². The van der Waals surface area contributed by atoms with Gasteiger partial charge in [-0.25, -0.2) is 9.55 Å². The standard InChI is InChI=1S/C24H31N6O6P/c1-15(2)35-23(31)16(3)29-37(32,36-19-8-6-5-7-9-19)34-13-17-10-11-18(12-17)30-14-26-20-21(30)27-24(25)28-22(20)33-4/h5-11,14-18H,12-13H2,1-4H3,(H,29,32)(H2,25,27,28)/t16-,17-,18+,37?/m1/s1. The second kappa shape index (κ2) is 11.3. The molecular formula is C24H31N6O6P. The molecule has 3 N–H and O–H groups in total. The molecule has 0 radical (unpaired) electrons. The van der Waals surface area contributed by atoms with Crippen molar-refractivity contribution in [3.8, 4) is 11.6 Å². The molecule has 3 aromatic rings. The predicted molar refractivity (Wildman–Crippen MR) is 137 cm³/mol. The fourth-order valence-electron chi connectivity index (χ4n) is 3.90. The predicted octanol–water partition coefficient (Wildman–Crippen LogP) is 3.67. The molecule has 0 spiro atoms. The van der Waals surface area contributed by atoms with Crippen molar-refractivity contribution in [3.63, 3.8) is 0 Å². The molecule has 2 heterocycles. The number of imidazole rings is 1. The summed E-state index contributed by atoms with van der Waals surface area (Å²) in [5.41, 5.74) is 6.90. The lowest BCUT2D eigenvalue weighted by atomic mass is 10.1. The maximum Gasteiger partial charge on any atom is 0.459 e. The number of allylic oxidation sites excluding steroid dienone is 1. The van der Waals surface area contributed by atoms with E-state index in [9.17, 15) is 9.36 Å². The number of methoxy groups -OCH3 is 1. The van der Waals surface area contributed by atoms with Crippen LogP contribution in [0.3, 0.4) is 0 Å². The zero-order valence-electron chi connectivity index (χ0n) is 21.1. The molecule has 0 saturated heterocycles. The molecule has 12 nitrogen and oxygen atoms in total. The van der Waals surface area contributed by atoms with Crippen LogP contribution in [0.1, 0.15) is 33.2 Å².